The number of nitrogens with zero attached hydrogens (tertiary/aromatic N) is 2. The maximum Gasteiger partial charge on any atom is 0.317 e. The van der Waals surface area contributed by atoms with E-state index in [1.54, 1.807) is 9.80 Å². The fraction of sp³-hybridized carbons (Fsp3) is 0.650. The van der Waals surface area contributed by atoms with Crippen LogP contribution < -0.4 is 10.1 Å². The van der Waals surface area contributed by atoms with Gasteiger partial charge in [0.25, 0.3) is 6.43 Å². The molecule has 0 aliphatic carbocycles. The van der Waals surface area contributed by atoms with Crippen molar-refractivity contribution in [3.05, 3.63) is 29.8 Å². The molecule has 1 N–H and O–H groups in total. The van der Waals surface area contributed by atoms with Gasteiger partial charge in [0.15, 0.2) is 0 Å². The molecule has 152 valence electrons. The Kier molecular flexibility index (Phi) is 8.28. The highest BCUT2D eigenvalue weighted by atomic mass is 19.3. The Labute approximate surface area is 160 Å². The van der Waals surface area contributed by atoms with Crippen molar-refractivity contribution in [1.29, 1.82) is 0 Å². The first-order valence-electron chi connectivity index (χ1n) is 9.65. The molecule has 2 amide bonds. The number of rotatable bonds is 8. The zero-order valence-electron chi connectivity index (χ0n) is 16.5. The van der Waals surface area contributed by atoms with Crippen LogP contribution in [0.3, 0.4) is 0 Å². The van der Waals surface area contributed by atoms with E-state index in [2.05, 4.69) is 17.4 Å². The molecule has 1 saturated heterocycles. The van der Waals surface area contributed by atoms with Crippen LogP contribution in [0.5, 0.6) is 5.75 Å². The standard InChI is InChI=1S/C20H31F2N3O2/c1-15(2)27-18-8-6-17(7-9-18)5-4-16(3)23-20(26)25-12-10-24(11-13-25)14-19(21)22/h6-9,15-16,19H,4-5,10-14H2,1-3H3,(H,23,26). The summed E-state index contributed by atoms with van der Waals surface area (Å²) in [7, 11) is 0. The minimum Gasteiger partial charge on any atom is -0.491 e. The van der Waals surface area contributed by atoms with E-state index >= 15 is 0 Å². The van der Waals surface area contributed by atoms with Gasteiger partial charge in [-0.15, -0.1) is 0 Å². The molecule has 1 aromatic rings. The molecule has 5 nitrogen and oxygen atoms in total. The molecule has 0 aromatic heterocycles. The summed E-state index contributed by atoms with van der Waals surface area (Å²) in [5, 5.41) is 3.01. The molecule has 1 aliphatic heterocycles. The number of carbonyl (C=O) groups is 1. The quantitative estimate of drug-likeness (QED) is 0.748. The van der Waals surface area contributed by atoms with Crippen molar-refractivity contribution >= 4 is 6.03 Å². The number of hydrogen-bond donors (Lipinski definition) is 1. The van der Waals surface area contributed by atoms with Gasteiger partial charge in [-0.1, -0.05) is 12.1 Å². The van der Waals surface area contributed by atoms with Crippen LogP contribution >= 0.6 is 0 Å². The van der Waals surface area contributed by atoms with Crippen LogP contribution in [0.2, 0.25) is 0 Å². The summed E-state index contributed by atoms with van der Waals surface area (Å²) >= 11 is 0. The van der Waals surface area contributed by atoms with Gasteiger partial charge in [0.2, 0.25) is 0 Å². The average Bonchev–Trinajstić information content (AvgIpc) is 2.60. The van der Waals surface area contributed by atoms with Crippen LogP contribution in [-0.4, -0.2) is 67.1 Å². The number of alkyl halides is 2. The number of urea groups is 1. The van der Waals surface area contributed by atoms with Crippen molar-refractivity contribution in [2.45, 2.75) is 52.2 Å². The summed E-state index contributed by atoms with van der Waals surface area (Å²) in [6, 6.07) is 7.97. The lowest BCUT2D eigenvalue weighted by Gasteiger charge is -2.35. The highest BCUT2D eigenvalue weighted by molar-refractivity contribution is 5.74. The van der Waals surface area contributed by atoms with E-state index in [0.29, 0.717) is 26.2 Å². The molecule has 0 saturated carbocycles. The number of halogens is 2. The number of piperazine rings is 1. The first-order valence-corrected chi connectivity index (χ1v) is 9.65. The first kappa shape index (κ1) is 21.4. The predicted octanol–water partition coefficient (Wildman–Crippen LogP) is 3.39. The number of benzene rings is 1. The number of amides is 2. The number of hydrogen-bond acceptors (Lipinski definition) is 3. The molecule has 27 heavy (non-hydrogen) atoms. The maximum absolute atomic E-state index is 12.4. The molecular weight excluding hydrogens is 352 g/mol. The van der Waals surface area contributed by atoms with Crippen LogP contribution in [0.4, 0.5) is 13.6 Å². The monoisotopic (exact) mass is 383 g/mol. The Balaban J connectivity index is 1.69. The molecule has 2 rings (SSSR count). The van der Waals surface area contributed by atoms with Gasteiger partial charge in [-0.05, 0) is 51.3 Å². The van der Waals surface area contributed by atoms with E-state index in [1.165, 1.54) is 5.56 Å². The van der Waals surface area contributed by atoms with E-state index in [-0.39, 0.29) is 24.7 Å². The fourth-order valence-corrected chi connectivity index (χ4v) is 3.09. The van der Waals surface area contributed by atoms with E-state index in [1.807, 2.05) is 32.9 Å². The average molecular weight is 383 g/mol. The lowest BCUT2D eigenvalue weighted by molar-refractivity contribution is 0.0633. The number of aryl methyl sites for hydroxylation is 1. The third kappa shape index (κ3) is 7.71. The van der Waals surface area contributed by atoms with Crippen molar-refractivity contribution in [2.75, 3.05) is 32.7 Å². The molecule has 0 spiro atoms. The third-order valence-electron chi connectivity index (χ3n) is 4.59. The Hall–Kier alpha value is -1.89. The summed E-state index contributed by atoms with van der Waals surface area (Å²) < 4.78 is 30.5. The topological polar surface area (TPSA) is 44.8 Å². The van der Waals surface area contributed by atoms with Crippen molar-refractivity contribution in [1.82, 2.24) is 15.1 Å². The van der Waals surface area contributed by atoms with Crippen molar-refractivity contribution in [3.63, 3.8) is 0 Å². The Morgan fingerprint density at radius 2 is 1.74 bits per heavy atom. The van der Waals surface area contributed by atoms with E-state index < -0.39 is 6.43 Å². The van der Waals surface area contributed by atoms with Gasteiger partial charge in [0.05, 0.1) is 12.6 Å². The Morgan fingerprint density at radius 1 is 1.11 bits per heavy atom. The second-order valence-electron chi connectivity index (χ2n) is 7.38. The summed E-state index contributed by atoms with van der Waals surface area (Å²) in [6.07, 6.45) is -0.465. The van der Waals surface area contributed by atoms with Crippen LogP contribution in [0.1, 0.15) is 32.8 Å². The van der Waals surface area contributed by atoms with Crippen molar-refractivity contribution in [3.8, 4) is 5.75 Å². The fourth-order valence-electron chi connectivity index (χ4n) is 3.09. The van der Waals surface area contributed by atoms with Crippen molar-refractivity contribution in [2.24, 2.45) is 0 Å². The Bertz CT molecular complexity index is 573. The van der Waals surface area contributed by atoms with E-state index in [0.717, 1.165) is 18.6 Å². The van der Waals surface area contributed by atoms with Crippen LogP contribution in [0.15, 0.2) is 24.3 Å². The zero-order valence-corrected chi connectivity index (χ0v) is 16.5. The largest absolute Gasteiger partial charge is 0.491 e. The Morgan fingerprint density at radius 3 is 2.30 bits per heavy atom. The SMILES string of the molecule is CC(CCc1ccc(OC(C)C)cc1)NC(=O)N1CCN(CC(F)F)CC1. The minimum absolute atomic E-state index is 0.0446. The van der Waals surface area contributed by atoms with Crippen LogP contribution in [0, 0.1) is 0 Å². The van der Waals surface area contributed by atoms with Gasteiger partial charge in [-0.3, -0.25) is 4.90 Å². The highest BCUT2D eigenvalue weighted by Gasteiger charge is 2.23. The lowest BCUT2D eigenvalue weighted by atomic mass is 10.1. The normalized spacial score (nSPS) is 16.6. The molecule has 1 heterocycles. The summed E-state index contributed by atoms with van der Waals surface area (Å²) in [6.45, 7) is 7.74. The third-order valence-corrected chi connectivity index (χ3v) is 4.59. The maximum atomic E-state index is 12.4. The van der Waals surface area contributed by atoms with Crippen LogP contribution in [0.25, 0.3) is 0 Å². The van der Waals surface area contributed by atoms with Gasteiger partial charge in [0.1, 0.15) is 5.75 Å². The number of ether oxygens (including phenoxy) is 1. The predicted molar refractivity (Wildman–Crippen MR) is 103 cm³/mol. The van der Waals surface area contributed by atoms with E-state index in [4.69, 9.17) is 4.74 Å². The smallest absolute Gasteiger partial charge is 0.317 e. The van der Waals surface area contributed by atoms with Gasteiger partial charge >= 0.3 is 6.03 Å². The first-order chi connectivity index (χ1) is 12.8. The van der Waals surface area contributed by atoms with Gasteiger partial charge in [-0.2, -0.15) is 0 Å². The zero-order chi connectivity index (χ0) is 19.8. The number of carbonyl (C=O) groups excluding carboxylic acids is 1. The minimum atomic E-state index is -2.32. The van der Waals surface area contributed by atoms with Gasteiger partial charge in [-0.25, -0.2) is 13.6 Å². The molecular formula is C20H31F2N3O2. The second kappa shape index (κ2) is 10.4. The van der Waals surface area contributed by atoms with Crippen LogP contribution in [-0.2, 0) is 6.42 Å². The van der Waals surface area contributed by atoms with Crippen molar-refractivity contribution < 1.29 is 18.3 Å². The van der Waals surface area contributed by atoms with E-state index in [9.17, 15) is 13.6 Å². The number of nitrogens with one attached hydrogen (secondary N) is 1. The lowest BCUT2D eigenvalue weighted by Crippen LogP contribution is -2.53. The van der Waals surface area contributed by atoms with Gasteiger partial charge in [0, 0.05) is 32.2 Å². The molecule has 1 unspecified atom stereocenters. The van der Waals surface area contributed by atoms with Gasteiger partial charge < -0.3 is 15.0 Å². The molecule has 7 heteroatoms. The summed E-state index contributed by atoms with van der Waals surface area (Å²) in [4.78, 5) is 15.7. The molecule has 0 radical (unpaired) electrons. The molecule has 0 bridgehead atoms. The molecule has 1 atom stereocenters. The molecule has 1 aliphatic rings. The second-order valence-corrected chi connectivity index (χ2v) is 7.38. The molecule has 1 fully saturated rings. The summed E-state index contributed by atoms with van der Waals surface area (Å²) in [5.74, 6) is 0.862. The highest BCUT2D eigenvalue weighted by Crippen LogP contribution is 2.15. The summed E-state index contributed by atoms with van der Waals surface area (Å²) in [5.41, 5.74) is 1.20. The molecule has 1 aromatic carbocycles.